The minimum atomic E-state index is -4.02. The quantitative estimate of drug-likeness (QED) is 0.731. The van der Waals surface area contributed by atoms with Gasteiger partial charge in [-0.25, -0.2) is 22.8 Å². The van der Waals surface area contributed by atoms with Crippen LogP contribution in [0, 0.1) is 12.7 Å². The highest BCUT2D eigenvalue weighted by Gasteiger charge is 2.30. The lowest BCUT2D eigenvalue weighted by Gasteiger charge is -2.10. The van der Waals surface area contributed by atoms with E-state index in [1.807, 2.05) is 0 Å². The molecule has 0 spiro atoms. The van der Waals surface area contributed by atoms with E-state index >= 15 is 0 Å². The fraction of sp³-hybridized carbons (Fsp3) is 0.333. The Hall–Kier alpha value is -2.48. The summed E-state index contributed by atoms with van der Waals surface area (Å²) in [6.45, 7) is 1.74. The number of nitrogens with one attached hydrogen (secondary N) is 1. The van der Waals surface area contributed by atoms with E-state index in [0.717, 1.165) is 37.4 Å². The average Bonchev–Trinajstić information content (AvgIpc) is 3.21. The number of benzene rings is 1. The standard InChI is InChI=1S/C18H19FN4O2S/c1-10-21-14(11-5-2-3-6-11)15-16(22-10)17(18(20)23-15)26(24,25)13-8-4-7-12(19)9-13/h4,7-9,11,23H,2-3,5-6,20H2,1H3. The molecule has 0 bridgehead atoms. The van der Waals surface area contributed by atoms with Crippen molar-refractivity contribution in [1.82, 2.24) is 15.0 Å². The lowest BCUT2D eigenvalue weighted by Crippen LogP contribution is -2.06. The zero-order valence-electron chi connectivity index (χ0n) is 14.3. The number of aryl methyl sites for hydroxylation is 1. The van der Waals surface area contributed by atoms with E-state index in [4.69, 9.17) is 5.73 Å². The first-order valence-corrected chi connectivity index (χ1v) is 10.0. The Labute approximate surface area is 150 Å². The molecule has 8 heteroatoms. The molecule has 3 N–H and O–H groups in total. The van der Waals surface area contributed by atoms with Gasteiger partial charge in [-0.3, -0.25) is 0 Å². The maximum absolute atomic E-state index is 13.6. The summed E-state index contributed by atoms with van der Waals surface area (Å²) in [5.74, 6) is 0.140. The number of hydrogen-bond acceptors (Lipinski definition) is 5. The van der Waals surface area contributed by atoms with E-state index in [2.05, 4.69) is 15.0 Å². The molecule has 2 heterocycles. The number of nitrogens with two attached hydrogens (primary N) is 1. The number of H-pyrrole nitrogens is 1. The molecule has 6 nitrogen and oxygen atoms in total. The molecule has 0 amide bonds. The van der Waals surface area contributed by atoms with E-state index in [1.165, 1.54) is 18.2 Å². The smallest absolute Gasteiger partial charge is 0.212 e. The van der Waals surface area contributed by atoms with E-state index in [0.29, 0.717) is 11.3 Å². The molecule has 1 aliphatic rings. The van der Waals surface area contributed by atoms with Crippen LogP contribution in [-0.4, -0.2) is 23.4 Å². The van der Waals surface area contributed by atoms with Gasteiger partial charge in [-0.2, -0.15) is 0 Å². The largest absolute Gasteiger partial charge is 0.384 e. The van der Waals surface area contributed by atoms with Gasteiger partial charge in [-0.05, 0) is 38.0 Å². The first kappa shape index (κ1) is 17.0. The third kappa shape index (κ3) is 2.65. The van der Waals surface area contributed by atoms with Crippen LogP contribution in [0.25, 0.3) is 11.0 Å². The molecule has 0 radical (unpaired) electrons. The molecule has 136 valence electrons. The van der Waals surface area contributed by atoms with E-state index in [9.17, 15) is 12.8 Å². The number of aromatic nitrogens is 3. The van der Waals surface area contributed by atoms with E-state index in [1.54, 1.807) is 6.92 Å². The summed E-state index contributed by atoms with van der Waals surface area (Å²) in [6.07, 6.45) is 4.27. The highest BCUT2D eigenvalue weighted by molar-refractivity contribution is 7.92. The number of sulfone groups is 1. The molecule has 26 heavy (non-hydrogen) atoms. The summed E-state index contributed by atoms with van der Waals surface area (Å²) in [5, 5.41) is 0. The first-order valence-electron chi connectivity index (χ1n) is 8.54. The number of nitrogen functional groups attached to an aromatic ring is 1. The molecular formula is C18H19FN4O2S. The highest BCUT2D eigenvalue weighted by atomic mass is 32.2. The van der Waals surface area contributed by atoms with Crippen molar-refractivity contribution in [2.75, 3.05) is 5.73 Å². The molecular weight excluding hydrogens is 355 g/mol. The molecule has 4 rings (SSSR count). The van der Waals surface area contributed by atoms with Gasteiger partial charge in [0, 0.05) is 5.92 Å². The van der Waals surface area contributed by atoms with Crippen LogP contribution in [0.15, 0.2) is 34.1 Å². The maximum Gasteiger partial charge on any atom is 0.212 e. The number of halogens is 1. The Balaban J connectivity index is 1.98. The molecule has 0 atom stereocenters. The van der Waals surface area contributed by atoms with Gasteiger partial charge < -0.3 is 10.7 Å². The van der Waals surface area contributed by atoms with Crippen molar-refractivity contribution in [2.45, 2.75) is 48.3 Å². The van der Waals surface area contributed by atoms with Crippen LogP contribution >= 0.6 is 0 Å². The molecule has 2 aromatic heterocycles. The van der Waals surface area contributed by atoms with Crippen LogP contribution in [0.2, 0.25) is 0 Å². The summed E-state index contributed by atoms with van der Waals surface area (Å²) in [5.41, 5.74) is 7.70. The summed E-state index contributed by atoms with van der Waals surface area (Å²) in [7, 11) is -4.02. The minimum absolute atomic E-state index is 0.00316. The molecule has 0 saturated heterocycles. The summed E-state index contributed by atoms with van der Waals surface area (Å²) in [4.78, 5) is 11.6. The second kappa shape index (κ2) is 6.05. The Bertz CT molecular complexity index is 1100. The van der Waals surface area contributed by atoms with Crippen LogP contribution in [0.1, 0.15) is 43.1 Å². The third-order valence-electron chi connectivity index (χ3n) is 4.89. The number of fused-ring (bicyclic) bond motifs is 1. The van der Waals surface area contributed by atoms with Crippen molar-refractivity contribution in [2.24, 2.45) is 0 Å². The van der Waals surface area contributed by atoms with E-state index < -0.39 is 15.7 Å². The fourth-order valence-electron chi connectivity index (χ4n) is 3.72. The van der Waals surface area contributed by atoms with Crippen LogP contribution in [0.3, 0.4) is 0 Å². The molecule has 0 unspecified atom stereocenters. The van der Waals surface area contributed by atoms with Crippen LogP contribution in [0.5, 0.6) is 0 Å². The monoisotopic (exact) mass is 374 g/mol. The number of hydrogen-bond donors (Lipinski definition) is 2. The zero-order chi connectivity index (χ0) is 18.5. The normalized spacial score (nSPS) is 15.8. The predicted octanol–water partition coefficient (Wildman–Crippen LogP) is 3.48. The van der Waals surface area contributed by atoms with Gasteiger partial charge in [0.25, 0.3) is 0 Å². The van der Waals surface area contributed by atoms with Crippen LogP contribution in [0.4, 0.5) is 10.2 Å². The van der Waals surface area contributed by atoms with Crippen molar-refractivity contribution in [3.05, 3.63) is 41.6 Å². The van der Waals surface area contributed by atoms with Crippen molar-refractivity contribution < 1.29 is 12.8 Å². The molecule has 3 aromatic rings. The molecule has 1 saturated carbocycles. The van der Waals surface area contributed by atoms with Crippen molar-refractivity contribution in [3.8, 4) is 0 Å². The van der Waals surface area contributed by atoms with Gasteiger partial charge in [0.1, 0.15) is 27.9 Å². The lowest BCUT2D eigenvalue weighted by atomic mass is 10.0. The van der Waals surface area contributed by atoms with E-state index in [-0.39, 0.29) is 27.0 Å². The SMILES string of the molecule is Cc1nc(C2CCCC2)c2[nH]c(N)c(S(=O)(=O)c3cccc(F)c3)c2n1. The lowest BCUT2D eigenvalue weighted by molar-refractivity contribution is 0.591. The number of rotatable bonds is 3. The fourth-order valence-corrected chi connectivity index (χ4v) is 5.22. The second-order valence-electron chi connectivity index (χ2n) is 6.69. The van der Waals surface area contributed by atoms with Gasteiger partial charge in [-0.15, -0.1) is 0 Å². The van der Waals surface area contributed by atoms with Crippen molar-refractivity contribution >= 4 is 26.7 Å². The van der Waals surface area contributed by atoms with Gasteiger partial charge in [-0.1, -0.05) is 18.9 Å². The maximum atomic E-state index is 13.6. The van der Waals surface area contributed by atoms with Gasteiger partial charge in [0.15, 0.2) is 0 Å². The molecule has 1 aliphatic carbocycles. The number of aromatic amines is 1. The Morgan fingerprint density at radius 1 is 1.23 bits per heavy atom. The molecule has 1 fully saturated rings. The minimum Gasteiger partial charge on any atom is -0.384 e. The van der Waals surface area contributed by atoms with Gasteiger partial charge in [0.05, 0.1) is 16.1 Å². The zero-order valence-corrected chi connectivity index (χ0v) is 15.1. The van der Waals surface area contributed by atoms with Crippen LogP contribution in [-0.2, 0) is 9.84 Å². The highest BCUT2D eigenvalue weighted by Crippen LogP contribution is 2.39. The predicted molar refractivity (Wildman–Crippen MR) is 96.1 cm³/mol. The Kier molecular flexibility index (Phi) is 3.95. The molecule has 1 aromatic carbocycles. The Morgan fingerprint density at radius 3 is 2.65 bits per heavy atom. The topological polar surface area (TPSA) is 102 Å². The second-order valence-corrected chi connectivity index (χ2v) is 8.58. The number of anilines is 1. The summed E-state index contributed by atoms with van der Waals surface area (Å²) in [6, 6.07) is 4.89. The van der Waals surface area contributed by atoms with Gasteiger partial charge >= 0.3 is 0 Å². The average molecular weight is 374 g/mol. The Morgan fingerprint density at radius 2 is 1.96 bits per heavy atom. The summed E-state index contributed by atoms with van der Waals surface area (Å²) < 4.78 is 39.8. The van der Waals surface area contributed by atoms with Crippen molar-refractivity contribution in [3.63, 3.8) is 0 Å². The third-order valence-corrected chi connectivity index (χ3v) is 6.71. The number of nitrogens with zero attached hydrogens (tertiary/aromatic N) is 2. The van der Waals surface area contributed by atoms with Crippen molar-refractivity contribution in [1.29, 1.82) is 0 Å². The summed E-state index contributed by atoms with van der Waals surface area (Å²) >= 11 is 0. The van der Waals surface area contributed by atoms with Crippen LogP contribution < -0.4 is 5.73 Å². The van der Waals surface area contributed by atoms with Gasteiger partial charge in [0.2, 0.25) is 9.84 Å². The first-order chi connectivity index (χ1) is 12.4. The molecule has 0 aliphatic heterocycles.